The molecule has 0 unspecified atom stereocenters. The summed E-state index contributed by atoms with van der Waals surface area (Å²) in [6.07, 6.45) is 9.89. The number of benzene rings is 1. The van der Waals surface area contributed by atoms with Gasteiger partial charge in [-0.15, -0.1) is 4.91 Å². The highest BCUT2D eigenvalue weighted by molar-refractivity contribution is 5.48. The molecule has 0 aliphatic carbocycles. The molecule has 0 atom stereocenters. The van der Waals surface area contributed by atoms with Crippen molar-refractivity contribution in [2.24, 2.45) is 5.18 Å². The van der Waals surface area contributed by atoms with Crippen molar-refractivity contribution >= 4 is 5.69 Å². The van der Waals surface area contributed by atoms with Gasteiger partial charge in [0, 0.05) is 0 Å². The summed E-state index contributed by atoms with van der Waals surface area (Å²) in [5.74, 6) is 0. The maximum Gasteiger partial charge on any atom is 0.111 e. The van der Waals surface area contributed by atoms with Crippen LogP contribution in [0.2, 0.25) is 0 Å². The maximum atomic E-state index is 10.7. The van der Waals surface area contributed by atoms with Crippen molar-refractivity contribution in [3.63, 3.8) is 0 Å². The zero-order valence-corrected chi connectivity index (χ0v) is 10.8. The van der Waals surface area contributed by atoms with E-state index in [1.165, 1.54) is 6.42 Å². The summed E-state index contributed by atoms with van der Waals surface area (Å²) in [5.41, 5.74) is 2.77. The molecule has 1 rings (SSSR count). The molecule has 1 aromatic carbocycles. The van der Waals surface area contributed by atoms with Gasteiger partial charge in [0.25, 0.3) is 0 Å². The molecule has 2 nitrogen and oxygen atoms in total. The SMILES string of the molecule is CC/C=C\CCCCc1ccc(C)cc1N=O. The Balaban J connectivity index is 2.41. The second-order valence-corrected chi connectivity index (χ2v) is 4.35. The van der Waals surface area contributed by atoms with E-state index in [4.69, 9.17) is 0 Å². The van der Waals surface area contributed by atoms with Crippen LogP contribution < -0.4 is 0 Å². The Labute approximate surface area is 104 Å². The lowest BCUT2D eigenvalue weighted by Crippen LogP contribution is -1.87. The van der Waals surface area contributed by atoms with Crippen molar-refractivity contribution in [1.82, 2.24) is 0 Å². The van der Waals surface area contributed by atoms with Crippen molar-refractivity contribution in [2.75, 3.05) is 0 Å². The minimum Gasteiger partial charge on any atom is -0.145 e. The molecule has 0 saturated heterocycles. The van der Waals surface area contributed by atoms with E-state index in [1.807, 2.05) is 25.1 Å². The average molecular weight is 231 g/mol. The van der Waals surface area contributed by atoms with E-state index >= 15 is 0 Å². The molecule has 1 aromatic rings. The van der Waals surface area contributed by atoms with Crippen LogP contribution in [0.1, 0.15) is 43.7 Å². The smallest absolute Gasteiger partial charge is 0.111 e. The fourth-order valence-electron chi connectivity index (χ4n) is 1.83. The predicted molar refractivity (Wildman–Crippen MR) is 73.6 cm³/mol. The topological polar surface area (TPSA) is 29.4 Å². The first-order valence-corrected chi connectivity index (χ1v) is 6.35. The Bertz CT molecular complexity index is 383. The number of nitrogens with zero attached hydrogens (tertiary/aromatic N) is 1. The highest BCUT2D eigenvalue weighted by Gasteiger charge is 2.02. The van der Waals surface area contributed by atoms with Gasteiger partial charge in [-0.1, -0.05) is 31.2 Å². The average Bonchev–Trinajstić information content (AvgIpc) is 2.35. The van der Waals surface area contributed by atoms with Gasteiger partial charge in [-0.25, -0.2) is 0 Å². The number of rotatable bonds is 7. The third kappa shape index (κ3) is 4.94. The highest BCUT2D eigenvalue weighted by Crippen LogP contribution is 2.22. The van der Waals surface area contributed by atoms with Gasteiger partial charge in [0.05, 0.1) is 0 Å². The molecule has 0 fully saturated rings. The van der Waals surface area contributed by atoms with Gasteiger partial charge < -0.3 is 0 Å². The molecule has 2 heteroatoms. The summed E-state index contributed by atoms with van der Waals surface area (Å²) >= 11 is 0. The third-order valence-corrected chi connectivity index (χ3v) is 2.81. The molecule has 0 radical (unpaired) electrons. The van der Waals surface area contributed by atoms with Gasteiger partial charge in [-0.2, -0.15) is 0 Å². The molecule has 0 aliphatic rings. The van der Waals surface area contributed by atoms with Crippen LogP contribution in [0, 0.1) is 11.8 Å². The molecule has 0 spiro atoms. The molecule has 0 bridgehead atoms. The molecule has 0 amide bonds. The number of allylic oxidation sites excluding steroid dienone is 2. The molecule has 0 N–H and O–H groups in total. The minimum atomic E-state index is 0.606. The first-order chi connectivity index (χ1) is 8.27. The molecule has 92 valence electrons. The first kappa shape index (κ1) is 13.6. The molecule has 0 aliphatic heterocycles. The molecule has 0 aromatic heterocycles. The largest absolute Gasteiger partial charge is 0.145 e. The Hall–Kier alpha value is -1.44. The van der Waals surface area contributed by atoms with Gasteiger partial charge in [-0.05, 0) is 61.4 Å². The van der Waals surface area contributed by atoms with Gasteiger partial charge in [-0.3, -0.25) is 0 Å². The molecule has 0 saturated carbocycles. The van der Waals surface area contributed by atoms with E-state index in [-0.39, 0.29) is 0 Å². The zero-order valence-electron chi connectivity index (χ0n) is 10.8. The number of aryl methyl sites for hydroxylation is 2. The number of hydrogen-bond donors (Lipinski definition) is 0. The summed E-state index contributed by atoms with van der Waals surface area (Å²) in [6, 6.07) is 5.92. The first-order valence-electron chi connectivity index (χ1n) is 6.35. The fraction of sp³-hybridized carbons (Fsp3) is 0.467. The van der Waals surface area contributed by atoms with Crippen LogP contribution in [-0.2, 0) is 6.42 Å². The molecule has 0 heterocycles. The normalized spacial score (nSPS) is 10.9. The van der Waals surface area contributed by atoms with E-state index in [1.54, 1.807) is 0 Å². The lowest BCUT2D eigenvalue weighted by molar-refractivity contribution is 0.746. The van der Waals surface area contributed by atoms with Crippen molar-refractivity contribution in [2.45, 2.75) is 46.0 Å². The quantitative estimate of drug-likeness (QED) is 0.366. The van der Waals surface area contributed by atoms with Crippen molar-refractivity contribution in [3.05, 3.63) is 46.4 Å². The van der Waals surface area contributed by atoms with E-state index in [0.29, 0.717) is 5.69 Å². The Morgan fingerprint density at radius 3 is 2.76 bits per heavy atom. The number of unbranched alkanes of at least 4 members (excludes halogenated alkanes) is 2. The lowest BCUT2D eigenvalue weighted by atomic mass is 10.0. The lowest BCUT2D eigenvalue weighted by Gasteiger charge is -2.04. The van der Waals surface area contributed by atoms with Gasteiger partial charge in [0.2, 0.25) is 0 Å². The zero-order chi connectivity index (χ0) is 12.5. The second-order valence-electron chi connectivity index (χ2n) is 4.35. The summed E-state index contributed by atoms with van der Waals surface area (Å²) in [6.45, 7) is 4.12. The standard InChI is InChI=1S/C15H21NO/c1-3-4-5-6-7-8-9-14-11-10-13(2)12-15(14)16-17/h4-5,10-12H,3,6-9H2,1-2H3/b5-4-. The van der Waals surface area contributed by atoms with Crippen LogP contribution in [0.3, 0.4) is 0 Å². The number of nitroso groups, excluding NO2 is 1. The van der Waals surface area contributed by atoms with E-state index in [2.05, 4.69) is 24.3 Å². The van der Waals surface area contributed by atoms with Crippen LogP contribution in [0.25, 0.3) is 0 Å². The Morgan fingerprint density at radius 2 is 2.06 bits per heavy atom. The van der Waals surface area contributed by atoms with Crippen molar-refractivity contribution in [1.29, 1.82) is 0 Å². The summed E-state index contributed by atoms with van der Waals surface area (Å²) in [7, 11) is 0. The van der Waals surface area contributed by atoms with E-state index in [0.717, 1.165) is 36.8 Å². The van der Waals surface area contributed by atoms with Crippen molar-refractivity contribution < 1.29 is 0 Å². The summed E-state index contributed by atoms with van der Waals surface area (Å²) in [5, 5.41) is 3.10. The van der Waals surface area contributed by atoms with E-state index in [9.17, 15) is 4.91 Å². The van der Waals surface area contributed by atoms with Gasteiger partial charge in [0.1, 0.15) is 5.69 Å². The minimum absolute atomic E-state index is 0.606. The molecular weight excluding hydrogens is 210 g/mol. The number of hydrogen-bond acceptors (Lipinski definition) is 2. The summed E-state index contributed by atoms with van der Waals surface area (Å²) < 4.78 is 0. The maximum absolute atomic E-state index is 10.7. The monoisotopic (exact) mass is 231 g/mol. The van der Waals surface area contributed by atoms with Crippen LogP contribution >= 0.6 is 0 Å². The van der Waals surface area contributed by atoms with Gasteiger partial charge in [0.15, 0.2) is 0 Å². The van der Waals surface area contributed by atoms with Crippen LogP contribution in [-0.4, -0.2) is 0 Å². The van der Waals surface area contributed by atoms with Crippen LogP contribution in [0.4, 0.5) is 5.69 Å². The predicted octanol–water partition coefficient (Wildman–Crippen LogP) is 5.07. The third-order valence-electron chi connectivity index (χ3n) is 2.81. The highest BCUT2D eigenvalue weighted by atomic mass is 16.3. The van der Waals surface area contributed by atoms with Crippen LogP contribution in [0.15, 0.2) is 35.5 Å². The van der Waals surface area contributed by atoms with Gasteiger partial charge >= 0.3 is 0 Å². The van der Waals surface area contributed by atoms with E-state index < -0.39 is 0 Å². The molecular formula is C15H21NO. The Morgan fingerprint density at radius 1 is 1.24 bits per heavy atom. The summed E-state index contributed by atoms with van der Waals surface area (Å²) in [4.78, 5) is 10.7. The van der Waals surface area contributed by atoms with Crippen molar-refractivity contribution in [3.8, 4) is 0 Å². The fourth-order valence-corrected chi connectivity index (χ4v) is 1.83. The second kappa shape index (κ2) is 7.77. The Kier molecular flexibility index (Phi) is 6.23. The molecule has 17 heavy (non-hydrogen) atoms. The van der Waals surface area contributed by atoms with Crippen LogP contribution in [0.5, 0.6) is 0 Å².